The highest BCUT2D eigenvalue weighted by Gasteiger charge is 2.29. The number of aromatic nitrogens is 1. The van der Waals surface area contributed by atoms with Gasteiger partial charge in [0, 0.05) is 24.2 Å². The molecule has 0 spiro atoms. The number of carbonyl (C=O) groups excluding carboxylic acids is 1. The molecule has 6 nitrogen and oxygen atoms in total. The van der Waals surface area contributed by atoms with Gasteiger partial charge in [0.05, 0.1) is 6.54 Å². The van der Waals surface area contributed by atoms with Crippen molar-refractivity contribution in [3.8, 4) is 11.5 Å². The maximum Gasteiger partial charge on any atom is 0.394 e. The van der Waals surface area contributed by atoms with Gasteiger partial charge in [-0.2, -0.15) is 8.78 Å². The molecule has 1 aliphatic rings. The molecule has 0 radical (unpaired) electrons. The lowest BCUT2D eigenvalue weighted by Gasteiger charge is -2.32. The Morgan fingerprint density at radius 3 is 2.70 bits per heavy atom. The van der Waals surface area contributed by atoms with Crippen LogP contribution in [0.2, 0.25) is 0 Å². The number of rotatable bonds is 6. The summed E-state index contributed by atoms with van der Waals surface area (Å²) in [6.45, 7) is 1.10. The molecular formula is C22H20F2N2O4. The average Bonchev–Trinajstić information content (AvgIpc) is 2.73. The van der Waals surface area contributed by atoms with Crippen molar-refractivity contribution in [3.63, 3.8) is 0 Å². The summed E-state index contributed by atoms with van der Waals surface area (Å²) in [5, 5.41) is 0.969. The van der Waals surface area contributed by atoms with Crippen LogP contribution in [0, 0.1) is 0 Å². The molecule has 1 aromatic heterocycles. The second-order valence-electron chi connectivity index (χ2n) is 6.98. The molecule has 30 heavy (non-hydrogen) atoms. The van der Waals surface area contributed by atoms with Crippen molar-refractivity contribution >= 4 is 22.5 Å². The third-order valence-corrected chi connectivity index (χ3v) is 4.60. The minimum absolute atomic E-state index is 0.0234. The van der Waals surface area contributed by atoms with E-state index < -0.39 is 6.11 Å². The quantitative estimate of drug-likeness (QED) is 0.609. The normalized spacial score (nSPS) is 17.2. The number of hydrogen-bond acceptors (Lipinski definition) is 5. The Hall–Kier alpha value is -3.26. The van der Waals surface area contributed by atoms with Crippen LogP contribution >= 0.6 is 0 Å². The van der Waals surface area contributed by atoms with Crippen LogP contribution in [0.4, 0.5) is 14.5 Å². The van der Waals surface area contributed by atoms with Crippen LogP contribution in [-0.4, -0.2) is 42.9 Å². The summed E-state index contributed by atoms with van der Waals surface area (Å²) in [5.41, 5.74) is 1.33. The topological polar surface area (TPSA) is 60.9 Å². The third kappa shape index (κ3) is 4.65. The van der Waals surface area contributed by atoms with Gasteiger partial charge in [-0.25, -0.2) is 0 Å². The zero-order valence-corrected chi connectivity index (χ0v) is 16.3. The van der Waals surface area contributed by atoms with Crippen molar-refractivity contribution < 1.29 is 27.8 Å². The molecule has 2 aromatic carbocycles. The molecule has 1 aliphatic heterocycles. The molecule has 1 amide bonds. The van der Waals surface area contributed by atoms with Gasteiger partial charge in [-0.05, 0) is 36.4 Å². The Labute approximate surface area is 172 Å². The molecule has 4 rings (SSSR count). The number of anilines is 1. The number of halogens is 2. The van der Waals surface area contributed by atoms with Gasteiger partial charge in [-0.1, -0.05) is 18.2 Å². The van der Waals surface area contributed by atoms with Crippen molar-refractivity contribution in [2.75, 3.05) is 24.7 Å². The molecule has 1 unspecified atom stereocenters. The number of hydrogen-bond donors (Lipinski definition) is 0. The van der Waals surface area contributed by atoms with Gasteiger partial charge in [0.2, 0.25) is 0 Å². The minimum atomic E-state index is -3.27. The van der Waals surface area contributed by atoms with Crippen LogP contribution < -0.4 is 14.4 Å². The number of benzene rings is 2. The van der Waals surface area contributed by atoms with Crippen LogP contribution in [0.3, 0.4) is 0 Å². The number of carbonyl (C=O) groups is 1. The molecule has 0 saturated carbocycles. The number of nitrogens with zero attached hydrogens (tertiary/aromatic N) is 2. The van der Waals surface area contributed by atoms with Gasteiger partial charge >= 0.3 is 6.11 Å². The fraction of sp³-hybridized carbons (Fsp3) is 0.273. The summed E-state index contributed by atoms with van der Waals surface area (Å²) in [5.74, 6) is 0.449. The first-order valence-corrected chi connectivity index (χ1v) is 9.44. The monoisotopic (exact) mass is 414 g/mol. The average molecular weight is 414 g/mol. The van der Waals surface area contributed by atoms with Gasteiger partial charge in [0.1, 0.15) is 36.3 Å². The van der Waals surface area contributed by atoms with E-state index in [1.165, 1.54) is 12.1 Å². The minimum Gasteiger partial charge on any atom is -0.489 e. The first kappa shape index (κ1) is 20.0. The van der Waals surface area contributed by atoms with Crippen LogP contribution in [0.5, 0.6) is 11.5 Å². The predicted octanol–water partition coefficient (Wildman–Crippen LogP) is 4.04. The second kappa shape index (κ2) is 8.23. The lowest BCUT2D eigenvalue weighted by molar-refractivity contribution is -0.159. The highest BCUT2D eigenvalue weighted by atomic mass is 19.3. The summed E-state index contributed by atoms with van der Waals surface area (Å²) >= 11 is 0. The molecule has 1 saturated heterocycles. The van der Waals surface area contributed by atoms with Gasteiger partial charge in [-0.3, -0.25) is 9.78 Å². The smallest absolute Gasteiger partial charge is 0.394 e. The van der Waals surface area contributed by atoms with Crippen molar-refractivity contribution in [1.29, 1.82) is 0 Å². The zero-order valence-electron chi connectivity index (χ0n) is 16.3. The van der Waals surface area contributed by atoms with Gasteiger partial charge in [0.25, 0.3) is 5.91 Å². The van der Waals surface area contributed by atoms with E-state index in [4.69, 9.17) is 9.47 Å². The Morgan fingerprint density at radius 2 is 1.93 bits per heavy atom. The number of ether oxygens (including phenoxy) is 3. The Kier molecular flexibility index (Phi) is 5.50. The second-order valence-corrected chi connectivity index (χ2v) is 6.98. The molecule has 3 aromatic rings. The Morgan fingerprint density at radius 1 is 1.17 bits per heavy atom. The number of fused-ring (bicyclic) bond motifs is 1. The van der Waals surface area contributed by atoms with Crippen molar-refractivity contribution in [2.24, 2.45) is 0 Å². The molecule has 0 N–H and O–H groups in total. The van der Waals surface area contributed by atoms with E-state index in [0.29, 0.717) is 18.4 Å². The number of para-hydroxylation sites is 1. The summed E-state index contributed by atoms with van der Waals surface area (Å²) in [7, 11) is 0. The van der Waals surface area contributed by atoms with Crippen LogP contribution in [0.15, 0.2) is 60.8 Å². The largest absolute Gasteiger partial charge is 0.489 e. The van der Waals surface area contributed by atoms with Gasteiger partial charge < -0.3 is 19.1 Å². The summed E-state index contributed by atoms with van der Waals surface area (Å²) in [4.78, 5) is 18.2. The van der Waals surface area contributed by atoms with E-state index in [0.717, 1.165) is 10.9 Å². The molecule has 1 fully saturated rings. The van der Waals surface area contributed by atoms with Crippen LogP contribution in [0.25, 0.3) is 10.9 Å². The van der Waals surface area contributed by atoms with Crippen LogP contribution in [0.1, 0.15) is 6.92 Å². The first-order valence-electron chi connectivity index (χ1n) is 9.44. The maximum atomic E-state index is 13.0. The van der Waals surface area contributed by atoms with Crippen molar-refractivity contribution in [3.05, 3.63) is 60.8 Å². The number of amides is 1. The molecule has 1 atom stereocenters. The van der Waals surface area contributed by atoms with E-state index in [1.54, 1.807) is 23.2 Å². The molecular weight excluding hydrogens is 394 g/mol. The van der Waals surface area contributed by atoms with Crippen molar-refractivity contribution in [2.45, 2.75) is 19.1 Å². The lowest BCUT2D eigenvalue weighted by Crippen LogP contribution is -2.48. The fourth-order valence-corrected chi connectivity index (χ4v) is 3.25. The maximum absolute atomic E-state index is 13.0. The number of morpholine rings is 1. The van der Waals surface area contributed by atoms with Crippen molar-refractivity contribution in [1.82, 2.24) is 4.98 Å². The molecule has 156 valence electrons. The van der Waals surface area contributed by atoms with E-state index in [1.807, 2.05) is 30.3 Å². The standard InChI is InChI=1S/C22H20F2N2O4/c1-22(23,24)30-17-9-7-16(8-10-17)26-12-18(28-14-20(26)27)13-29-19-6-2-4-15-5-3-11-25-21(15)19/h2-11,18H,12-14H2,1H3. The molecule has 8 heteroatoms. The zero-order chi connectivity index (χ0) is 21.1. The molecule has 0 bridgehead atoms. The SMILES string of the molecule is CC(F)(F)Oc1ccc(N2CC(COc3cccc4cccnc34)OCC2=O)cc1. The predicted molar refractivity (Wildman–Crippen MR) is 107 cm³/mol. The summed E-state index contributed by atoms with van der Waals surface area (Å²) in [6.07, 6.45) is -1.92. The number of alkyl halides is 2. The molecule has 0 aliphatic carbocycles. The fourth-order valence-electron chi connectivity index (χ4n) is 3.25. The highest BCUT2D eigenvalue weighted by molar-refractivity contribution is 5.95. The molecule has 2 heterocycles. The van der Waals surface area contributed by atoms with Crippen LogP contribution in [-0.2, 0) is 9.53 Å². The first-order chi connectivity index (χ1) is 14.4. The summed E-state index contributed by atoms with van der Waals surface area (Å²) in [6, 6.07) is 15.4. The van der Waals surface area contributed by atoms with E-state index >= 15 is 0 Å². The summed E-state index contributed by atoms with van der Waals surface area (Å²) < 4.78 is 42.0. The van der Waals surface area contributed by atoms with Gasteiger partial charge in [-0.15, -0.1) is 0 Å². The van der Waals surface area contributed by atoms with E-state index in [2.05, 4.69) is 9.72 Å². The lowest BCUT2D eigenvalue weighted by atomic mass is 10.2. The van der Waals surface area contributed by atoms with E-state index in [-0.39, 0.29) is 37.5 Å². The Balaban J connectivity index is 1.42. The Bertz CT molecular complexity index is 1030. The third-order valence-electron chi connectivity index (χ3n) is 4.60. The van der Waals surface area contributed by atoms with Gasteiger partial charge in [0.15, 0.2) is 0 Å². The highest BCUT2D eigenvalue weighted by Crippen LogP contribution is 2.27. The van der Waals surface area contributed by atoms with E-state index in [9.17, 15) is 13.6 Å². The number of pyridine rings is 1.